The number of halogens is 4. The highest BCUT2D eigenvalue weighted by Gasteiger charge is 2.33. The molecule has 1 amide bonds. The molecular weight excluding hydrogens is 507 g/mol. The smallest absolute Gasteiger partial charge is 0.416 e. The lowest BCUT2D eigenvalue weighted by atomic mass is 9.87. The van der Waals surface area contributed by atoms with Crippen molar-refractivity contribution in [3.63, 3.8) is 0 Å². The van der Waals surface area contributed by atoms with Crippen molar-refractivity contribution >= 4 is 23.5 Å². The minimum atomic E-state index is -4.54. The predicted octanol–water partition coefficient (Wildman–Crippen LogP) is 6.41. The van der Waals surface area contributed by atoms with Gasteiger partial charge in [-0.1, -0.05) is 35.9 Å². The molecule has 9 heteroatoms. The fraction of sp³-hybridized carbons (Fsp3) is 0.286. The third-order valence-corrected chi connectivity index (χ3v) is 6.57. The molecule has 0 aromatic heterocycles. The van der Waals surface area contributed by atoms with Crippen molar-refractivity contribution < 1.29 is 32.6 Å². The number of aliphatic carboxylic acids is 1. The number of ether oxygens (including phenoxy) is 1. The van der Waals surface area contributed by atoms with Crippen molar-refractivity contribution in [2.45, 2.75) is 44.5 Å². The van der Waals surface area contributed by atoms with E-state index in [4.69, 9.17) is 16.3 Å². The molecule has 1 atom stereocenters. The molecule has 3 aromatic rings. The lowest BCUT2D eigenvalue weighted by Gasteiger charge is -2.36. The zero-order chi connectivity index (χ0) is 26.8. The first-order valence-corrected chi connectivity index (χ1v) is 12.0. The van der Waals surface area contributed by atoms with Crippen LogP contribution >= 0.6 is 11.6 Å². The molecule has 1 aliphatic heterocycles. The van der Waals surface area contributed by atoms with Crippen LogP contribution in [0.15, 0.2) is 66.7 Å². The summed E-state index contributed by atoms with van der Waals surface area (Å²) >= 11 is 5.98. The number of aryl methyl sites for hydroxylation is 1. The largest absolute Gasteiger partial charge is 0.487 e. The molecule has 0 saturated carbocycles. The Bertz CT molecular complexity index is 1310. The average Bonchev–Trinajstić information content (AvgIpc) is 2.83. The number of hydrogen-bond donors (Lipinski definition) is 1. The van der Waals surface area contributed by atoms with Gasteiger partial charge in [-0.05, 0) is 78.9 Å². The Labute approximate surface area is 217 Å². The summed E-state index contributed by atoms with van der Waals surface area (Å²) in [5, 5.41) is 9.98. The number of benzene rings is 3. The quantitative estimate of drug-likeness (QED) is 0.382. The van der Waals surface area contributed by atoms with Crippen molar-refractivity contribution in [2.75, 3.05) is 6.54 Å². The number of amides is 1. The summed E-state index contributed by atoms with van der Waals surface area (Å²) in [6.45, 7) is 1.09. The van der Waals surface area contributed by atoms with Gasteiger partial charge in [-0.15, -0.1) is 0 Å². The highest BCUT2D eigenvalue weighted by Crippen LogP contribution is 2.36. The number of carboxylic acid groups (broad SMARTS) is 1. The van der Waals surface area contributed by atoms with E-state index in [1.54, 1.807) is 18.2 Å². The average molecular weight is 532 g/mol. The molecule has 0 saturated heterocycles. The summed E-state index contributed by atoms with van der Waals surface area (Å²) < 4.78 is 45.6. The molecule has 1 N–H and O–H groups in total. The standard InChI is InChI=1S/C28H25ClF3NO4/c1-27(15-18-5-8-23(29)9-6-18)12-11-20-14-21(7-10-24(20)37-27)26(36)33(17-25(34)35)16-19-3-2-4-22(13-19)28(30,31)32/h2-10,13-14H,11-12,15-17H2,1H3,(H,34,35)/t27-/m0/s1. The maximum absolute atomic E-state index is 13.2. The molecule has 0 aliphatic carbocycles. The van der Waals surface area contributed by atoms with Gasteiger partial charge < -0.3 is 14.7 Å². The maximum atomic E-state index is 13.2. The number of rotatable bonds is 7. The number of carbonyl (C=O) groups excluding carboxylic acids is 1. The van der Waals surface area contributed by atoms with Gasteiger partial charge in [0.05, 0.1) is 5.56 Å². The highest BCUT2D eigenvalue weighted by atomic mass is 35.5. The fourth-order valence-corrected chi connectivity index (χ4v) is 4.62. The Kier molecular flexibility index (Phi) is 7.50. The Hall–Kier alpha value is -3.52. The number of fused-ring (bicyclic) bond motifs is 1. The maximum Gasteiger partial charge on any atom is 0.416 e. The van der Waals surface area contributed by atoms with E-state index in [1.165, 1.54) is 12.1 Å². The van der Waals surface area contributed by atoms with Gasteiger partial charge in [-0.25, -0.2) is 0 Å². The van der Waals surface area contributed by atoms with Gasteiger partial charge in [-0.3, -0.25) is 9.59 Å². The second kappa shape index (κ2) is 10.5. The summed E-state index contributed by atoms with van der Waals surface area (Å²) in [6.07, 6.45) is -2.53. The van der Waals surface area contributed by atoms with E-state index in [9.17, 15) is 27.9 Å². The molecule has 0 unspecified atom stereocenters. The summed E-state index contributed by atoms with van der Waals surface area (Å²) in [7, 11) is 0. The van der Waals surface area contributed by atoms with E-state index in [2.05, 4.69) is 0 Å². The zero-order valence-corrected chi connectivity index (χ0v) is 20.8. The molecule has 3 aromatic carbocycles. The van der Waals surface area contributed by atoms with E-state index in [0.717, 1.165) is 28.2 Å². The number of alkyl halides is 3. The van der Waals surface area contributed by atoms with Crippen LogP contribution in [0.3, 0.4) is 0 Å². The molecule has 1 aliphatic rings. The number of carbonyl (C=O) groups is 2. The molecule has 5 nitrogen and oxygen atoms in total. The van der Waals surface area contributed by atoms with Crippen LogP contribution in [-0.4, -0.2) is 34.0 Å². The number of hydrogen-bond acceptors (Lipinski definition) is 3. The van der Waals surface area contributed by atoms with Gasteiger partial charge in [0.1, 0.15) is 17.9 Å². The first-order chi connectivity index (χ1) is 17.4. The topological polar surface area (TPSA) is 66.8 Å². The minimum Gasteiger partial charge on any atom is -0.487 e. The molecule has 37 heavy (non-hydrogen) atoms. The third kappa shape index (κ3) is 6.63. The second-order valence-electron chi connectivity index (χ2n) is 9.43. The van der Waals surface area contributed by atoms with Crippen molar-refractivity contribution in [2.24, 2.45) is 0 Å². The van der Waals surface area contributed by atoms with E-state index in [1.807, 2.05) is 31.2 Å². The Morgan fingerprint density at radius 1 is 1.05 bits per heavy atom. The van der Waals surface area contributed by atoms with Gasteiger partial charge in [0.2, 0.25) is 0 Å². The lowest BCUT2D eigenvalue weighted by molar-refractivity contribution is -0.139. The molecule has 0 radical (unpaired) electrons. The van der Waals surface area contributed by atoms with Crippen LogP contribution in [0, 0.1) is 0 Å². The summed E-state index contributed by atoms with van der Waals surface area (Å²) in [4.78, 5) is 25.7. The van der Waals surface area contributed by atoms with E-state index >= 15 is 0 Å². The third-order valence-electron chi connectivity index (χ3n) is 6.32. The Morgan fingerprint density at radius 3 is 2.46 bits per heavy atom. The molecule has 1 heterocycles. The van der Waals surface area contributed by atoms with Crippen molar-refractivity contribution in [3.8, 4) is 5.75 Å². The van der Waals surface area contributed by atoms with Crippen LogP contribution in [0.1, 0.15) is 46.0 Å². The molecule has 194 valence electrons. The van der Waals surface area contributed by atoms with Crippen LogP contribution < -0.4 is 4.74 Å². The predicted molar refractivity (Wildman–Crippen MR) is 133 cm³/mol. The van der Waals surface area contributed by atoms with Gasteiger partial charge in [0.25, 0.3) is 5.91 Å². The Balaban J connectivity index is 1.52. The van der Waals surface area contributed by atoms with Gasteiger partial charge in [0.15, 0.2) is 0 Å². The van der Waals surface area contributed by atoms with Crippen molar-refractivity contribution in [3.05, 3.63) is 99.6 Å². The summed E-state index contributed by atoms with van der Waals surface area (Å²) in [5.74, 6) is -1.21. The molecular formula is C28H25ClF3NO4. The zero-order valence-electron chi connectivity index (χ0n) is 20.0. The highest BCUT2D eigenvalue weighted by molar-refractivity contribution is 6.30. The monoisotopic (exact) mass is 531 g/mol. The van der Waals surface area contributed by atoms with Gasteiger partial charge >= 0.3 is 12.1 Å². The molecule has 0 bridgehead atoms. The van der Waals surface area contributed by atoms with Gasteiger partial charge in [-0.2, -0.15) is 13.2 Å². The minimum absolute atomic E-state index is 0.184. The first kappa shape index (κ1) is 26.5. The summed E-state index contributed by atoms with van der Waals surface area (Å²) in [5.41, 5.74) is 1.02. The lowest BCUT2D eigenvalue weighted by Crippen LogP contribution is -2.39. The number of carboxylic acids is 1. The fourth-order valence-electron chi connectivity index (χ4n) is 4.49. The van der Waals surface area contributed by atoms with Crippen LogP contribution in [0.25, 0.3) is 0 Å². The SMILES string of the molecule is C[C@@]1(Cc2ccc(Cl)cc2)CCc2cc(C(=O)N(CC(=O)O)Cc3cccc(C(F)(F)F)c3)ccc2O1. The first-order valence-electron chi connectivity index (χ1n) is 11.7. The number of nitrogens with zero attached hydrogens (tertiary/aromatic N) is 1. The second-order valence-corrected chi connectivity index (χ2v) is 9.87. The van der Waals surface area contributed by atoms with Crippen LogP contribution in [0.4, 0.5) is 13.2 Å². The van der Waals surface area contributed by atoms with E-state index in [-0.39, 0.29) is 17.7 Å². The Morgan fingerprint density at radius 2 is 1.78 bits per heavy atom. The molecule has 0 spiro atoms. The molecule has 4 rings (SSSR count). The van der Waals surface area contributed by atoms with Gasteiger partial charge in [0, 0.05) is 23.6 Å². The van der Waals surface area contributed by atoms with Crippen molar-refractivity contribution in [1.29, 1.82) is 0 Å². The summed E-state index contributed by atoms with van der Waals surface area (Å²) in [6, 6.07) is 17.0. The molecule has 0 fully saturated rings. The van der Waals surface area contributed by atoms with E-state index in [0.29, 0.717) is 30.0 Å². The van der Waals surface area contributed by atoms with Crippen molar-refractivity contribution in [1.82, 2.24) is 4.90 Å². The normalized spacial score (nSPS) is 17.0. The van der Waals surface area contributed by atoms with Crippen LogP contribution in [0.5, 0.6) is 5.75 Å². The van der Waals surface area contributed by atoms with Crippen LogP contribution in [-0.2, 0) is 30.4 Å². The van der Waals surface area contributed by atoms with Crippen LogP contribution in [0.2, 0.25) is 5.02 Å². The van der Waals surface area contributed by atoms with E-state index < -0.39 is 35.8 Å².